The monoisotopic (exact) mass is 446 g/mol. The highest BCUT2D eigenvalue weighted by Gasteiger charge is 2.26. The second kappa shape index (κ2) is 11.5. The van der Waals surface area contributed by atoms with Gasteiger partial charge in [-0.25, -0.2) is 0 Å². The van der Waals surface area contributed by atoms with Crippen molar-refractivity contribution in [2.45, 2.75) is 25.2 Å². The average Bonchev–Trinajstić information content (AvgIpc) is 3.32. The lowest BCUT2D eigenvalue weighted by molar-refractivity contribution is 0.0213. The smallest absolute Gasteiger partial charge is 0.145 e. The fourth-order valence-corrected chi connectivity index (χ4v) is 3.91. The van der Waals surface area contributed by atoms with E-state index in [2.05, 4.69) is 16.1 Å². The Bertz CT molecular complexity index is 1030. The van der Waals surface area contributed by atoms with E-state index in [9.17, 15) is 5.11 Å². The molecular weight excluding hydrogens is 416 g/mol. The van der Waals surface area contributed by atoms with Gasteiger partial charge in [-0.3, -0.25) is 4.90 Å². The van der Waals surface area contributed by atoms with Gasteiger partial charge in [0.1, 0.15) is 30.3 Å². The Hall–Kier alpha value is -3.35. The van der Waals surface area contributed by atoms with Gasteiger partial charge in [-0.05, 0) is 35.4 Å². The molecule has 0 unspecified atom stereocenters. The number of methoxy groups -OCH3 is 1. The first-order valence-corrected chi connectivity index (χ1v) is 11.2. The highest BCUT2D eigenvalue weighted by atomic mass is 16.6. The van der Waals surface area contributed by atoms with Crippen LogP contribution in [0.5, 0.6) is 11.5 Å². The predicted octanol–water partition coefficient (Wildman–Crippen LogP) is 4.13. The molecule has 1 aliphatic heterocycles. The molecule has 172 valence electrons. The van der Waals surface area contributed by atoms with Gasteiger partial charge in [0.2, 0.25) is 0 Å². The average molecular weight is 447 g/mol. The lowest BCUT2D eigenvalue weighted by atomic mass is 10.0. The highest BCUT2D eigenvalue weighted by Crippen LogP contribution is 2.20. The number of hydrogen-bond acceptors (Lipinski definition) is 6. The Labute approximate surface area is 195 Å². The zero-order valence-electron chi connectivity index (χ0n) is 18.8. The molecule has 0 aromatic heterocycles. The van der Waals surface area contributed by atoms with E-state index in [1.807, 2.05) is 78.9 Å². The minimum Gasteiger partial charge on any atom is -0.497 e. The molecule has 0 bridgehead atoms. The third-order valence-corrected chi connectivity index (χ3v) is 5.50. The fraction of sp³-hybridized carbons (Fsp3) is 0.296. The molecule has 0 saturated carbocycles. The lowest BCUT2D eigenvalue weighted by Gasteiger charge is -2.27. The van der Waals surface area contributed by atoms with Crippen LogP contribution >= 0.6 is 0 Å². The van der Waals surface area contributed by atoms with Crippen LogP contribution in [0.4, 0.5) is 0 Å². The number of nitrogens with zero attached hydrogens (tertiary/aromatic N) is 2. The molecular formula is C27H30N2O4. The van der Waals surface area contributed by atoms with Gasteiger partial charge < -0.3 is 19.4 Å². The van der Waals surface area contributed by atoms with E-state index in [-0.39, 0.29) is 12.7 Å². The van der Waals surface area contributed by atoms with Crippen LogP contribution in [0.1, 0.15) is 17.5 Å². The van der Waals surface area contributed by atoms with E-state index >= 15 is 0 Å². The van der Waals surface area contributed by atoms with Crippen molar-refractivity contribution in [2.75, 3.05) is 26.8 Å². The van der Waals surface area contributed by atoms with Crippen LogP contribution in [0.3, 0.4) is 0 Å². The highest BCUT2D eigenvalue weighted by molar-refractivity contribution is 6.01. The van der Waals surface area contributed by atoms with Crippen molar-refractivity contribution in [1.82, 2.24) is 4.90 Å². The Morgan fingerprint density at radius 3 is 2.48 bits per heavy atom. The van der Waals surface area contributed by atoms with Crippen LogP contribution in [0, 0.1) is 0 Å². The normalized spacial score (nSPS) is 16.2. The molecule has 0 amide bonds. The minimum atomic E-state index is -0.647. The predicted molar refractivity (Wildman–Crippen MR) is 129 cm³/mol. The van der Waals surface area contributed by atoms with Crippen molar-refractivity contribution >= 4 is 5.71 Å². The Balaban J connectivity index is 1.38. The lowest BCUT2D eigenvalue weighted by Crippen LogP contribution is -2.39. The number of aliphatic hydroxyl groups excluding tert-OH is 1. The largest absolute Gasteiger partial charge is 0.497 e. The quantitative estimate of drug-likeness (QED) is 0.480. The molecule has 1 N–H and O–H groups in total. The van der Waals surface area contributed by atoms with Crippen LogP contribution in [0.2, 0.25) is 0 Å². The molecule has 0 saturated heterocycles. The first kappa shape index (κ1) is 22.8. The molecule has 0 fully saturated rings. The molecule has 4 rings (SSSR count). The fourth-order valence-electron chi connectivity index (χ4n) is 3.91. The van der Waals surface area contributed by atoms with Gasteiger partial charge in [0.25, 0.3) is 0 Å². The number of hydrogen-bond donors (Lipinski definition) is 1. The van der Waals surface area contributed by atoms with E-state index in [1.165, 1.54) is 0 Å². The molecule has 0 aliphatic carbocycles. The summed E-state index contributed by atoms with van der Waals surface area (Å²) in [6, 6.07) is 27.6. The summed E-state index contributed by atoms with van der Waals surface area (Å²) in [5.74, 6) is 1.56. The van der Waals surface area contributed by atoms with Crippen molar-refractivity contribution in [3.63, 3.8) is 0 Å². The maximum absolute atomic E-state index is 10.7. The van der Waals surface area contributed by atoms with Crippen LogP contribution in [0.25, 0.3) is 0 Å². The summed E-state index contributed by atoms with van der Waals surface area (Å²) in [6.07, 6.45) is 0.00896. The van der Waals surface area contributed by atoms with E-state index in [4.69, 9.17) is 14.3 Å². The number of oxime groups is 1. The van der Waals surface area contributed by atoms with Crippen LogP contribution in [-0.2, 0) is 11.4 Å². The molecule has 1 heterocycles. The van der Waals surface area contributed by atoms with E-state index in [0.717, 1.165) is 34.8 Å². The second-order valence-electron chi connectivity index (χ2n) is 8.16. The van der Waals surface area contributed by atoms with E-state index in [0.29, 0.717) is 19.6 Å². The molecule has 6 nitrogen and oxygen atoms in total. The summed E-state index contributed by atoms with van der Waals surface area (Å²) in [4.78, 5) is 7.94. The Kier molecular flexibility index (Phi) is 7.95. The van der Waals surface area contributed by atoms with Gasteiger partial charge in [0.15, 0.2) is 0 Å². The zero-order valence-corrected chi connectivity index (χ0v) is 18.8. The standard InChI is InChI=1S/C27H30N2O4/c1-31-25-14-8-9-21(15-25)17-29(18-23(30)20-32-24-12-6-3-7-13-24)19-26-16-27(28-33-26)22-10-4-2-5-11-22/h2-15,23,26,30H,16-20H2,1H3/t23-,26+/m1/s1. The van der Waals surface area contributed by atoms with Crippen molar-refractivity contribution in [2.24, 2.45) is 5.16 Å². The number of aliphatic hydroxyl groups is 1. The van der Waals surface area contributed by atoms with Crippen LogP contribution in [0.15, 0.2) is 90.1 Å². The van der Waals surface area contributed by atoms with Gasteiger partial charge in [0, 0.05) is 26.1 Å². The number of rotatable bonds is 11. The summed E-state index contributed by atoms with van der Waals surface area (Å²) >= 11 is 0. The Morgan fingerprint density at radius 2 is 1.73 bits per heavy atom. The third kappa shape index (κ3) is 6.81. The molecule has 0 radical (unpaired) electrons. The molecule has 0 spiro atoms. The summed E-state index contributed by atoms with van der Waals surface area (Å²) in [7, 11) is 1.66. The van der Waals surface area contributed by atoms with Gasteiger partial charge in [-0.15, -0.1) is 0 Å². The van der Waals surface area contributed by atoms with Crippen molar-refractivity contribution in [3.8, 4) is 11.5 Å². The summed E-state index contributed by atoms with van der Waals surface area (Å²) in [6.45, 7) is 1.96. The zero-order chi connectivity index (χ0) is 22.9. The second-order valence-corrected chi connectivity index (χ2v) is 8.16. The SMILES string of the molecule is COc1cccc(CN(C[C@@H](O)COc2ccccc2)C[C@@H]2CC(c3ccccc3)=NO2)c1. The molecule has 3 aromatic rings. The topological polar surface area (TPSA) is 63.5 Å². The summed E-state index contributed by atoms with van der Waals surface area (Å²) in [5.41, 5.74) is 3.14. The maximum atomic E-state index is 10.7. The van der Waals surface area contributed by atoms with Crippen molar-refractivity contribution in [3.05, 3.63) is 96.1 Å². The van der Waals surface area contributed by atoms with Crippen LogP contribution < -0.4 is 9.47 Å². The van der Waals surface area contributed by atoms with Gasteiger partial charge >= 0.3 is 0 Å². The minimum absolute atomic E-state index is 0.0759. The first-order valence-electron chi connectivity index (χ1n) is 11.2. The molecule has 2 atom stereocenters. The Morgan fingerprint density at radius 1 is 1.00 bits per heavy atom. The van der Waals surface area contributed by atoms with Gasteiger partial charge in [0.05, 0.1) is 12.8 Å². The summed E-state index contributed by atoms with van der Waals surface area (Å²) in [5, 5.41) is 15.0. The van der Waals surface area contributed by atoms with Gasteiger partial charge in [-0.2, -0.15) is 0 Å². The summed E-state index contributed by atoms with van der Waals surface area (Å²) < 4.78 is 11.1. The number of para-hydroxylation sites is 1. The van der Waals surface area contributed by atoms with E-state index < -0.39 is 6.10 Å². The van der Waals surface area contributed by atoms with E-state index in [1.54, 1.807) is 7.11 Å². The number of benzene rings is 3. The van der Waals surface area contributed by atoms with Crippen molar-refractivity contribution < 1.29 is 19.4 Å². The molecule has 6 heteroatoms. The molecule has 3 aromatic carbocycles. The first-order chi connectivity index (χ1) is 16.2. The third-order valence-electron chi connectivity index (χ3n) is 5.50. The van der Waals surface area contributed by atoms with Gasteiger partial charge in [-0.1, -0.05) is 65.8 Å². The number of ether oxygens (including phenoxy) is 2. The van der Waals surface area contributed by atoms with Crippen LogP contribution in [-0.4, -0.2) is 54.7 Å². The molecule has 1 aliphatic rings. The molecule has 33 heavy (non-hydrogen) atoms. The maximum Gasteiger partial charge on any atom is 0.145 e. The van der Waals surface area contributed by atoms with Crippen molar-refractivity contribution in [1.29, 1.82) is 0 Å².